The molecule has 0 heterocycles. The van der Waals surface area contributed by atoms with Crippen molar-refractivity contribution in [2.75, 3.05) is 39.4 Å². The molecule has 0 aliphatic carbocycles. The molecule has 0 bridgehead atoms. The monoisotopic (exact) mass is 833 g/mol. The Kier molecular flexibility index (Phi) is 24.4. The van der Waals surface area contributed by atoms with Gasteiger partial charge in [0.1, 0.15) is 0 Å². The first kappa shape index (κ1) is 53.4. The summed E-state index contributed by atoms with van der Waals surface area (Å²) < 4.78 is 11.4. The van der Waals surface area contributed by atoms with Crippen molar-refractivity contribution in [2.45, 2.75) is 220 Å². The summed E-state index contributed by atoms with van der Waals surface area (Å²) in [6.07, 6.45) is 22.2. The molecule has 6 heteroatoms. The average molecular weight is 833 g/mol. The van der Waals surface area contributed by atoms with E-state index < -0.39 is 0 Å². The van der Waals surface area contributed by atoms with Gasteiger partial charge in [-0.05, 0) is 133 Å². The minimum Gasteiger partial charge on any atom is -0.462 e. The van der Waals surface area contributed by atoms with Crippen LogP contribution in [0.2, 0.25) is 0 Å². The molecule has 0 aliphatic rings. The lowest BCUT2D eigenvalue weighted by Gasteiger charge is -2.26. The van der Waals surface area contributed by atoms with Gasteiger partial charge in [-0.3, -0.25) is 0 Å². The van der Waals surface area contributed by atoms with Crippen molar-refractivity contribution in [3.63, 3.8) is 0 Å². The number of unbranched alkanes of at least 4 members (excludes halogenated alkanes) is 15. The molecule has 342 valence electrons. The maximum atomic E-state index is 12.9. The molecule has 0 saturated carbocycles. The number of benzene rings is 2. The molecule has 0 unspecified atom stereocenters. The van der Waals surface area contributed by atoms with Crippen molar-refractivity contribution >= 4 is 11.9 Å². The zero-order chi connectivity index (χ0) is 44.7. The standard InChI is InChI=1S/C54H92N2O4/c1-51(2,3)45-37-43(38-46(41-45)52(4,5)6)49(57)59-35-29-23-21-27-33-55-31-25-19-17-15-13-14-16-18-20-26-32-56-34-28-22-24-30-36-60-50(58)44-39-47(53(7,8)9)42-48(40-44)54(10,11)12/h37-42,55-56H,13-36H2,1-12H3. The van der Waals surface area contributed by atoms with Crippen LogP contribution in [0.5, 0.6) is 0 Å². The summed E-state index contributed by atoms with van der Waals surface area (Å²) in [6.45, 7) is 31.7. The topological polar surface area (TPSA) is 76.7 Å². The molecule has 0 amide bonds. The minimum atomic E-state index is -0.199. The van der Waals surface area contributed by atoms with Crippen LogP contribution >= 0.6 is 0 Å². The first-order valence-corrected chi connectivity index (χ1v) is 24.3. The van der Waals surface area contributed by atoms with E-state index in [1.165, 1.54) is 112 Å². The molecule has 6 nitrogen and oxygen atoms in total. The average Bonchev–Trinajstić information content (AvgIpc) is 3.17. The summed E-state index contributed by atoms with van der Waals surface area (Å²) >= 11 is 0. The summed E-state index contributed by atoms with van der Waals surface area (Å²) in [5.74, 6) is -0.397. The molecule has 0 fully saturated rings. The van der Waals surface area contributed by atoms with Gasteiger partial charge in [0.15, 0.2) is 0 Å². The number of carbonyl (C=O) groups is 2. The fraction of sp³-hybridized carbons (Fsp3) is 0.741. The second-order valence-corrected chi connectivity index (χ2v) is 21.7. The van der Waals surface area contributed by atoms with Crippen molar-refractivity contribution < 1.29 is 19.1 Å². The van der Waals surface area contributed by atoms with Crippen LogP contribution in [0.25, 0.3) is 0 Å². The first-order chi connectivity index (χ1) is 28.2. The summed E-state index contributed by atoms with van der Waals surface area (Å²) in [7, 11) is 0. The summed E-state index contributed by atoms with van der Waals surface area (Å²) in [4.78, 5) is 25.7. The Morgan fingerprint density at radius 3 is 0.800 bits per heavy atom. The molecule has 2 N–H and O–H groups in total. The zero-order valence-corrected chi connectivity index (χ0v) is 41.1. The van der Waals surface area contributed by atoms with Gasteiger partial charge in [-0.2, -0.15) is 0 Å². The minimum absolute atomic E-state index is 0.0176. The zero-order valence-electron chi connectivity index (χ0n) is 41.1. The van der Waals surface area contributed by atoms with Crippen LogP contribution in [0.1, 0.15) is 242 Å². The second-order valence-electron chi connectivity index (χ2n) is 21.7. The van der Waals surface area contributed by atoms with Gasteiger partial charge in [-0.25, -0.2) is 9.59 Å². The molecule has 2 aromatic carbocycles. The Balaban J connectivity index is 1.33. The summed E-state index contributed by atoms with van der Waals surface area (Å²) in [5, 5.41) is 7.24. The quantitative estimate of drug-likeness (QED) is 0.0628. The van der Waals surface area contributed by atoms with Crippen LogP contribution in [0, 0.1) is 0 Å². The Morgan fingerprint density at radius 2 is 0.567 bits per heavy atom. The smallest absolute Gasteiger partial charge is 0.338 e. The van der Waals surface area contributed by atoms with E-state index in [4.69, 9.17) is 9.47 Å². The number of carbonyl (C=O) groups excluding carboxylic acids is 2. The third-order valence-corrected chi connectivity index (χ3v) is 11.7. The largest absolute Gasteiger partial charge is 0.462 e. The highest BCUT2D eigenvalue weighted by atomic mass is 16.5. The molecule has 0 radical (unpaired) electrons. The van der Waals surface area contributed by atoms with Crippen LogP contribution in [0.4, 0.5) is 0 Å². The van der Waals surface area contributed by atoms with E-state index in [-0.39, 0.29) is 33.6 Å². The fourth-order valence-corrected chi connectivity index (χ4v) is 7.29. The molecule has 0 aliphatic heterocycles. The molecular formula is C54H92N2O4. The van der Waals surface area contributed by atoms with Crippen molar-refractivity contribution in [1.29, 1.82) is 0 Å². The number of esters is 2. The number of hydrogen-bond donors (Lipinski definition) is 2. The van der Waals surface area contributed by atoms with Crippen molar-refractivity contribution in [1.82, 2.24) is 10.6 Å². The molecule has 2 aromatic rings. The molecule has 0 saturated heterocycles. The van der Waals surface area contributed by atoms with E-state index in [0.717, 1.165) is 51.9 Å². The van der Waals surface area contributed by atoms with Crippen LogP contribution < -0.4 is 10.6 Å². The molecule has 60 heavy (non-hydrogen) atoms. The van der Waals surface area contributed by atoms with Gasteiger partial charge in [-0.15, -0.1) is 0 Å². The number of rotatable bonds is 29. The highest BCUT2D eigenvalue weighted by Gasteiger charge is 2.24. The Hall–Kier alpha value is -2.70. The van der Waals surface area contributed by atoms with E-state index >= 15 is 0 Å². The van der Waals surface area contributed by atoms with E-state index in [2.05, 4.69) is 106 Å². The third-order valence-electron chi connectivity index (χ3n) is 11.7. The first-order valence-electron chi connectivity index (χ1n) is 24.3. The van der Waals surface area contributed by atoms with Crippen molar-refractivity contribution in [3.05, 3.63) is 69.8 Å². The summed E-state index contributed by atoms with van der Waals surface area (Å²) in [6, 6.07) is 12.5. The van der Waals surface area contributed by atoms with Gasteiger partial charge < -0.3 is 20.1 Å². The van der Waals surface area contributed by atoms with Gasteiger partial charge in [-0.1, -0.05) is 172 Å². The van der Waals surface area contributed by atoms with E-state index in [0.29, 0.717) is 24.3 Å². The van der Waals surface area contributed by atoms with Gasteiger partial charge in [0, 0.05) is 0 Å². The van der Waals surface area contributed by atoms with Gasteiger partial charge in [0.2, 0.25) is 0 Å². The van der Waals surface area contributed by atoms with E-state index in [9.17, 15) is 9.59 Å². The van der Waals surface area contributed by atoms with Crippen LogP contribution in [0.3, 0.4) is 0 Å². The predicted octanol–water partition coefficient (Wildman–Crippen LogP) is 14.1. The molecule has 2 rings (SSSR count). The Bertz CT molecular complexity index is 1320. The SMILES string of the molecule is CC(C)(C)c1cc(C(=O)OCCCCCCNCCCCCCCCCCCCNCCCCCCOC(=O)c2cc(C(C)(C)C)cc(C(C)(C)C)c2)cc(C(C)(C)C)c1. The second kappa shape index (κ2) is 27.4. The lowest BCUT2D eigenvalue weighted by Crippen LogP contribution is -2.19. The van der Waals surface area contributed by atoms with E-state index in [1.807, 2.05) is 24.3 Å². The third kappa shape index (κ3) is 22.9. The molecule has 0 atom stereocenters. The molecular weight excluding hydrogens is 741 g/mol. The van der Waals surface area contributed by atoms with E-state index in [1.54, 1.807) is 0 Å². The van der Waals surface area contributed by atoms with Crippen LogP contribution in [-0.2, 0) is 31.1 Å². The predicted molar refractivity (Wildman–Crippen MR) is 257 cm³/mol. The Morgan fingerprint density at radius 1 is 0.350 bits per heavy atom. The van der Waals surface area contributed by atoms with Gasteiger partial charge >= 0.3 is 11.9 Å². The lowest BCUT2D eigenvalue weighted by molar-refractivity contribution is 0.0488. The van der Waals surface area contributed by atoms with Gasteiger partial charge in [0.25, 0.3) is 0 Å². The van der Waals surface area contributed by atoms with Gasteiger partial charge in [0.05, 0.1) is 24.3 Å². The van der Waals surface area contributed by atoms with Crippen LogP contribution in [0.15, 0.2) is 36.4 Å². The summed E-state index contributed by atoms with van der Waals surface area (Å²) in [5.41, 5.74) is 6.00. The molecule has 0 spiro atoms. The fourth-order valence-electron chi connectivity index (χ4n) is 7.29. The normalized spacial score (nSPS) is 12.5. The maximum absolute atomic E-state index is 12.9. The van der Waals surface area contributed by atoms with Crippen molar-refractivity contribution in [3.8, 4) is 0 Å². The highest BCUT2D eigenvalue weighted by Crippen LogP contribution is 2.32. The molecule has 0 aromatic heterocycles. The highest BCUT2D eigenvalue weighted by molar-refractivity contribution is 5.90. The number of ether oxygens (including phenoxy) is 2. The van der Waals surface area contributed by atoms with Crippen LogP contribution in [-0.4, -0.2) is 51.3 Å². The number of nitrogens with one attached hydrogen (secondary N) is 2. The van der Waals surface area contributed by atoms with Crippen molar-refractivity contribution in [2.24, 2.45) is 0 Å². The maximum Gasteiger partial charge on any atom is 0.338 e. The number of hydrogen-bond acceptors (Lipinski definition) is 6. The Labute approximate surface area is 369 Å². The lowest BCUT2D eigenvalue weighted by atomic mass is 9.79.